The van der Waals surface area contributed by atoms with Crippen LogP contribution in [0.4, 0.5) is 0 Å². The van der Waals surface area contributed by atoms with Crippen LogP contribution in [0.2, 0.25) is 0 Å². The zero-order valence-corrected chi connectivity index (χ0v) is 12.8. The standard InChI is InChI=1S/C15H29N3O2/c1-3-4-5-6-9-20-12-15(19)10-17-14(2)11-18-8-7-16-13-18/h7-8,13-15,17,19H,3-6,9-12H2,1-2H3. The first-order valence-corrected chi connectivity index (χ1v) is 7.67. The maximum Gasteiger partial charge on any atom is 0.0946 e. The van der Waals surface area contributed by atoms with Crippen LogP contribution >= 0.6 is 0 Å². The Morgan fingerprint density at radius 3 is 2.90 bits per heavy atom. The number of nitrogens with zero attached hydrogens (tertiary/aromatic N) is 2. The molecule has 0 aliphatic carbocycles. The number of hydrogen-bond acceptors (Lipinski definition) is 4. The number of unbranched alkanes of at least 4 members (excludes halogenated alkanes) is 3. The first kappa shape index (κ1) is 17.1. The molecule has 2 N–H and O–H groups in total. The topological polar surface area (TPSA) is 59.3 Å². The number of aliphatic hydroxyl groups excluding tert-OH is 1. The third-order valence-corrected chi connectivity index (χ3v) is 3.20. The fraction of sp³-hybridized carbons (Fsp3) is 0.800. The van der Waals surface area contributed by atoms with Crippen LogP contribution in [0.15, 0.2) is 18.7 Å². The molecule has 0 radical (unpaired) electrons. The molecule has 0 aromatic carbocycles. The van der Waals surface area contributed by atoms with Crippen molar-refractivity contribution >= 4 is 0 Å². The highest BCUT2D eigenvalue weighted by atomic mass is 16.5. The number of ether oxygens (including phenoxy) is 1. The molecular formula is C15H29N3O2. The van der Waals surface area contributed by atoms with Crippen LogP contribution in [0.5, 0.6) is 0 Å². The molecule has 2 unspecified atom stereocenters. The first-order chi connectivity index (χ1) is 9.72. The van der Waals surface area contributed by atoms with Crippen LogP contribution in [0.3, 0.4) is 0 Å². The minimum absolute atomic E-state index is 0.295. The summed E-state index contributed by atoms with van der Waals surface area (Å²) in [5.41, 5.74) is 0. The molecule has 0 aliphatic heterocycles. The summed E-state index contributed by atoms with van der Waals surface area (Å²) in [6, 6.07) is 0.295. The lowest BCUT2D eigenvalue weighted by Crippen LogP contribution is -2.38. The van der Waals surface area contributed by atoms with E-state index in [1.807, 2.05) is 10.8 Å². The molecule has 2 atom stereocenters. The predicted octanol–water partition coefficient (Wildman–Crippen LogP) is 1.82. The van der Waals surface area contributed by atoms with Crippen molar-refractivity contribution in [3.8, 4) is 0 Å². The Hall–Kier alpha value is -0.910. The van der Waals surface area contributed by atoms with Gasteiger partial charge in [0, 0.05) is 38.1 Å². The number of imidazole rings is 1. The van der Waals surface area contributed by atoms with Gasteiger partial charge in [-0.05, 0) is 13.3 Å². The Bertz CT molecular complexity index is 317. The first-order valence-electron chi connectivity index (χ1n) is 7.67. The fourth-order valence-corrected chi connectivity index (χ4v) is 2.02. The molecule has 116 valence electrons. The third kappa shape index (κ3) is 8.30. The van der Waals surface area contributed by atoms with E-state index in [1.54, 1.807) is 12.5 Å². The molecule has 5 nitrogen and oxygen atoms in total. The minimum Gasteiger partial charge on any atom is -0.389 e. The van der Waals surface area contributed by atoms with Crippen molar-refractivity contribution < 1.29 is 9.84 Å². The maximum atomic E-state index is 9.82. The van der Waals surface area contributed by atoms with Crippen molar-refractivity contribution in [2.24, 2.45) is 0 Å². The summed E-state index contributed by atoms with van der Waals surface area (Å²) < 4.78 is 7.50. The van der Waals surface area contributed by atoms with Crippen LogP contribution in [0.25, 0.3) is 0 Å². The van der Waals surface area contributed by atoms with Crippen LogP contribution in [0.1, 0.15) is 39.5 Å². The number of nitrogens with one attached hydrogen (secondary N) is 1. The highest BCUT2D eigenvalue weighted by Gasteiger charge is 2.07. The monoisotopic (exact) mass is 283 g/mol. The van der Waals surface area contributed by atoms with E-state index in [2.05, 4.69) is 24.1 Å². The van der Waals surface area contributed by atoms with Gasteiger partial charge in [0.2, 0.25) is 0 Å². The lowest BCUT2D eigenvalue weighted by molar-refractivity contribution is 0.0341. The molecule has 0 saturated heterocycles. The summed E-state index contributed by atoms with van der Waals surface area (Å²) in [5, 5.41) is 13.1. The molecule has 0 aliphatic rings. The second kappa shape index (κ2) is 10.8. The number of hydrogen-bond donors (Lipinski definition) is 2. The summed E-state index contributed by atoms with van der Waals surface area (Å²) in [6.45, 7) is 6.87. The second-order valence-electron chi connectivity index (χ2n) is 5.36. The van der Waals surface area contributed by atoms with Gasteiger partial charge in [0.05, 0.1) is 19.0 Å². The Balaban J connectivity index is 1.97. The number of rotatable bonds is 12. The Kier molecular flexibility index (Phi) is 9.28. The largest absolute Gasteiger partial charge is 0.389 e. The van der Waals surface area contributed by atoms with Gasteiger partial charge in [-0.3, -0.25) is 0 Å². The van der Waals surface area contributed by atoms with E-state index < -0.39 is 6.10 Å². The summed E-state index contributed by atoms with van der Waals surface area (Å²) in [5.74, 6) is 0. The van der Waals surface area contributed by atoms with Crippen LogP contribution in [0, 0.1) is 0 Å². The van der Waals surface area contributed by atoms with Gasteiger partial charge in [0.15, 0.2) is 0 Å². The van der Waals surface area contributed by atoms with E-state index in [9.17, 15) is 5.11 Å². The van der Waals surface area contributed by atoms with Crippen molar-refractivity contribution in [3.63, 3.8) is 0 Å². The zero-order valence-electron chi connectivity index (χ0n) is 12.8. The van der Waals surface area contributed by atoms with Gasteiger partial charge < -0.3 is 19.7 Å². The quantitative estimate of drug-likeness (QED) is 0.575. The van der Waals surface area contributed by atoms with Gasteiger partial charge in [0.1, 0.15) is 0 Å². The molecule has 1 heterocycles. The molecule has 1 aromatic rings. The molecule has 0 bridgehead atoms. The average molecular weight is 283 g/mol. The lowest BCUT2D eigenvalue weighted by atomic mass is 10.2. The Labute approximate surface area is 122 Å². The van der Waals surface area contributed by atoms with Crippen molar-refractivity contribution in [3.05, 3.63) is 18.7 Å². The van der Waals surface area contributed by atoms with Gasteiger partial charge in [-0.2, -0.15) is 0 Å². The van der Waals surface area contributed by atoms with Crippen molar-refractivity contribution in [1.29, 1.82) is 0 Å². The predicted molar refractivity (Wildman–Crippen MR) is 80.7 cm³/mol. The number of aromatic nitrogens is 2. The molecule has 1 aromatic heterocycles. The van der Waals surface area contributed by atoms with Gasteiger partial charge in [0.25, 0.3) is 0 Å². The van der Waals surface area contributed by atoms with Crippen LogP contribution in [-0.2, 0) is 11.3 Å². The second-order valence-corrected chi connectivity index (χ2v) is 5.36. The number of aliphatic hydroxyl groups is 1. The molecule has 1 rings (SSSR count). The SMILES string of the molecule is CCCCCCOCC(O)CNC(C)Cn1ccnc1. The van der Waals surface area contributed by atoms with Crippen molar-refractivity contribution in [2.75, 3.05) is 19.8 Å². The van der Waals surface area contributed by atoms with E-state index in [0.717, 1.165) is 19.6 Å². The van der Waals surface area contributed by atoms with E-state index in [0.29, 0.717) is 19.2 Å². The van der Waals surface area contributed by atoms with Crippen LogP contribution in [-0.4, -0.2) is 46.6 Å². The van der Waals surface area contributed by atoms with E-state index in [-0.39, 0.29) is 0 Å². The smallest absolute Gasteiger partial charge is 0.0946 e. The highest BCUT2D eigenvalue weighted by molar-refractivity contribution is 4.76. The molecule has 0 saturated carbocycles. The summed E-state index contributed by atoms with van der Waals surface area (Å²) in [7, 11) is 0. The Morgan fingerprint density at radius 1 is 1.35 bits per heavy atom. The van der Waals surface area contributed by atoms with Gasteiger partial charge >= 0.3 is 0 Å². The molecular weight excluding hydrogens is 254 g/mol. The average Bonchev–Trinajstić information content (AvgIpc) is 2.93. The summed E-state index contributed by atoms with van der Waals surface area (Å²) in [4.78, 5) is 4.01. The molecule has 20 heavy (non-hydrogen) atoms. The molecule has 5 heteroatoms. The molecule has 0 fully saturated rings. The van der Waals surface area contributed by atoms with Crippen LogP contribution < -0.4 is 5.32 Å². The molecule has 0 amide bonds. The van der Waals surface area contributed by atoms with E-state index in [4.69, 9.17) is 4.74 Å². The van der Waals surface area contributed by atoms with Gasteiger partial charge in [-0.1, -0.05) is 26.2 Å². The normalized spacial score (nSPS) is 14.3. The zero-order chi connectivity index (χ0) is 14.6. The minimum atomic E-state index is -0.439. The van der Waals surface area contributed by atoms with Gasteiger partial charge in [-0.15, -0.1) is 0 Å². The third-order valence-electron chi connectivity index (χ3n) is 3.20. The fourth-order valence-electron chi connectivity index (χ4n) is 2.02. The lowest BCUT2D eigenvalue weighted by Gasteiger charge is -2.17. The van der Waals surface area contributed by atoms with Gasteiger partial charge in [-0.25, -0.2) is 4.98 Å². The van der Waals surface area contributed by atoms with Crippen molar-refractivity contribution in [2.45, 2.75) is 58.2 Å². The highest BCUT2D eigenvalue weighted by Crippen LogP contribution is 1.99. The molecule has 0 spiro atoms. The Morgan fingerprint density at radius 2 is 2.20 bits per heavy atom. The van der Waals surface area contributed by atoms with E-state index in [1.165, 1.54) is 19.3 Å². The van der Waals surface area contributed by atoms with Crippen molar-refractivity contribution in [1.82, 2.24) is 14.9 Å². The summed E-state index contributed by atoms with van der Waals surface area (Å²) >= 11 is 0. The van der Waals surface area contributed by atoms with E-state index >= 15 is 0 Å². The maximum absolute atomic E-state index is 9.82. The summed E-state index contributed by atoms with van der Waals surface area (Å²) in [6.07, 6.45) is 9.88.